The van der Waals surface area contributed by atoms with Crippen molar-refractivity contribution in [3.05, 3.63) is 71.1 Å². The second-order valence-corrected chi connectivity index (χ2v) is 10.2. The summed E-state index contributed by atoms with van der Waals surface area (Å²) < 4.78 is 0. The quantitative estimate of drug-likeness (QED) is 0.121. The average Bonchev–Trinajstić information content (AvgIpc) is 3.51. The van der Waals surface area contributed by atoms with E-state index >= 15 is 0 Å². The first-order valence-electron chi connectivity index (χ1n) is 14.8. The maximum absolute atomic E-state index is 13.0. The van der Waals surface area contributed by atoms with Crippen LogP contribution in [0.5, 0.6) is 0 Å². The number of hydrogen-bond acceptors (Lipinski definition) is 6. The molecule has 0 bridgehead atoms. The van der Waals surface area contributed by atoms with E-state index in [0.29, 0.717) is 34.7 Å². The number of Topliss-reactive ketones (excluding diaryl/α,β-unsaturated/α-hetero) is 1. The van der Waals surface area contributed by atoms with E-state index < -0.39 is 0 Å². The molecule has 1 aromatic rings. The van der Waals surface area contributed by atoms with Crippen LogP contribution in [0.3, 0.4) is 0 Å². The Morgan fingerprint density at radius 1 is 1.14 bits per heavy atom. The topological polar surface area (TPSA) is 135 Å². The summed E-state index contributed by atoms with van der Waals surface area (Å²) in [4.78, 5) is 39.7. The van der Waals surface area contributed by atoms with Gasteiger partial charge in [0.05, 0.1) is 29.4 Å². The zero-order valence-electron chi connectivity index (χ0n) is 25.9. The van der Waals surface area contributed by atoms with Gasteiger partial charge in [0.1, 0.15) is 5.78 Å². The number of nitrogens with one attached hydrogen (secondary N) is 4. The number of carbonyl (C=O) groups is 3. The average molecular weight is 577 g/mol. The fourth-order valence-corrected chi connectivity index (χ4v) is 4.42. The summed E-state index contributed by atoms with van der Waals surface area (Å²) in [5, 5.41) is 19.6. The summed E-state index contributed by atoms with van der Waals surface area (Å²) in [6, 6.07) is 8.34. The molecule has 1 atom stereocenters. The van der Waals surface area contributed by atoms with Gasteiger partial charge in [0.15, 0.2) is 0 Å². The molecule has 228 valence electrons. The number of allylic oxidation sites excluding steroid dienone is 3. The Morgan fingerprint density at radius 3 is 2.21 bits per heavy atom. The molecule has 2 fully saturated rings. The molecule has 9 heteroatoms. The van der Waals surface area contributed by atoms with Gasteiger partial charge < -0.3 is 21.3 Å². The van der Waals surface area contributed by atoms with Crippen LogP contribution in [0, 0.1) is 23.2 Å². The van der Waals surface area contributed by atoms with Crippen LogP contribution in [-0.4, -0.2) is 44.2 Å². The number of urea groups is 1. The lowest BCUT2D eigenvalue weighted by molar-refractivity contribution is -0.126. The molecule has 1 saturated carbocycles. The molecule has 0 aromatic heterocycles. The second kappa shape index (κ2) is 20.7. The molecule has 3 amide bonds. The number of likely N-dealkylation sites (N-methyl/N-ethyl adjacent to an activating group) is 1. The molecule has 1 aliphatic heterocycles. The van der Waals surface area contributed by atoms with Crippen molar-refractivity contribution in [2.24, 2.45) is 16.8 Å². The SMILES string of the molecule is C=C(NC)/C(=C\C/C(=C\C)C(C)C(=O)C1CCCCC1)N=CNC(=O)c1ccc(C#N)cc1.CCC.O=C1NCCN1. The molecule has 1 aromatic carbocycles. The largest absolute Gasteiger partial charge is 0.387 e. The lowest BCUT2D eigenvalue weighted by atomic mass is 9.79. The Bertz CT molecular complexity index is 1150. The maximum atomic E-state index is 13.0. The third kappa shape index (κ3) is 13.0. The summed E-state index contributed by atoms with van der Waals surface area (Å²) in [6.07, 6.45) is 12.6. The van der Waals surface area contributed by atoms with Crippen LogP contribution in [0.4, 0.5) is 4.79 Å². The van der Waals surface area contributed by atoms with Gasteiger partial charge in [-0.1, -0.05) is 70.8 Å². The van der Waals surface area contributed by atoms with Crippen molar-refractivity contribution < 1.29 is 14.4 Å². The third-order valence-corrected chi connectivity index (χ3v) is 6.87. The van der Waals surface area contributed by atoms with Crippen molar-refractivity contribution in [3.8, 4) is 6.07 Å². The van der Waals surface area contributed by atoms with Crippen LogP contribution in [0.2, 0.25) is 0 Å². The number of amides is 3. The van der Waals surface area contributed by atoms with Crippen molar-refractivity contribution in [1.29, 1.82) is 5.26 Å². The minimum Gasteiger partial charge on any atom is -0.387 e. The second-order valence-electron chi connectivity index (χ2n) is 10.2. The highest BCUT2D eigenvalue weighted by atomic mass is 16.2. The molecule has 1 aliphatic carbocycles. The van der Waals surface area contributed by atoms with E-state index in [4.69, 9.17) is 5.26 Å². The molecule has 0 radical (unpaired) electrons. The minimum absolute atomic E-state index is 0.0463. The highest BCUT2D eigenvalue weighted by molar-refractivity contribution is 6.00. The Balaban J connectivity index is 0.000000839. The predicted octanol–water partition coefficient (Wildman–Crippen LogP) is 5.77. The highest BCUT2D eigenvalue weighted by Gasteiger charge is 2.27. The van der Waals surface area contributed by atoms with E-state index in [1.165, 1.54) is 19.2 Å². The van der Waals surface area contributed by atoms with E-state index in [1.807, 2.05) is 32.1 Å². The number of rotatable bonds is 10. The number of hydrogen-bond donors (Lipinski definition) is 4. The Labute approximate surface area is 251 Å². The zero-order valence-corrected chi connectivity index (χ0v) is 25.9. The molecular weight excluding hydrogens is 528 g/mol. The van der Waals surface area contributed by atoms with Crippen molar-refractivity contribution in [2.75, 3.05) is 20.1 Å². The first-order chi connectivity index (χ1) is 20.2. The fourth-order valence-electron chi connectivity index (χ4n) is 4.42. The first-order valence-corrected chi connectivity index (χ1v) is 14.8. The van der Waals surface area contributed by atoms with E-state index in [1.54, 1.807) is 31.3 Å². The number of benzene rings is 1. The van der Waals surface area contributed by atoms with Crippen LogP contribution < -0.4 is 21.3 Å². The standard InChI is InChI=1S/C27H34N4O2.C3H6N2O.C3H8/c1-5-22(19(2)26(32)23-9-7-6-8-10-23)15-16-25(20(3)29-4)30-18-31-27(33)24-13-11-21(17-28)12-14-24;6-3-4-1-2-5-3;1-3-2/h5,11-14,16,18-19,23,29H,3,6-10,15H2,1-2,4H3,(H,30,31,33);1-2H2,(H2,4,5,6);3H2,1-2H3/b22-5+,25-16+;;. The number of carbonyl (C=O) groups excluding carboxylic acids is 3. The molecule has 3 rings (SSSR count). The van der Waals surface area contributed by atoms with Crippen molar-refractivity contribution >= 4 is 24.1 Å². The van der Waals surface area contributed by atoms with Gasteiger partial charge in [-0.25, -0.2) is 9.79 Å². The molecular formula is C33H48N6O3. The molecule has 1 unspecified atom stereocenters. The van der Waals surface area contributed by atoms with Gasteiger partial charge in [0.2, 0.25) is 0 Å². The minimum atomic E-state index is -0.321. The van der Waals surface area contributed by atoms with Crippen LogP contribution in [-0.2, 0) is 4.79 Å². The van der Waals surface area contributed by atoms with Gasteiger partial charge in [0.25, 0.3) is 5.91 Å². The van der Waals surface area contributed by atoms with Crippen LogP contribution in [0.25, 0.3) is 0 Å². The lowest BCUT2D eigenvalue weighted by Gasteiger charge is -2.24. The molecule has 2 aliphatic rings. The number of nitrogens with zero attached hydrogens (tertiary/aromatic N) is 2. The van der Waals surface area contributed by atoms with E-state index in [-0.39, 0.29) is 23.8 Å². The van der Waals surface area contributed by atoms with E-state index in [2.05, 4.69) is 46.7 Å². The molecule has 0 spiro atoms. The first kappa shape index (κ1) is 35.8. The zero-order chi connectivity index (χ0) is 31.3. The van der Waals surface area contributed by atoms with E-state index in [0.717, 1.165) is 44.3 Å². The maximum Gasteiger partial charge on any atom is 0.314 e. The van der Waals surface area contributed by atoms with Gasteiger partial charge in [-0.15, -0.1) is 0 Å². The van der Waals surface area contributed by atoms with E-state index in [9.17, 15) is 14.4 Å². The summed E-state index contributed by atoms with van der Waals surface area (Å²) in [7, 11) is 1.76. The van der Waals surface area contributed by atoms with Gasteiger partial charge in [0, 0.05) is 37.5 Å². The van der Waals surface area contributed by atoms with Crippen molar-refractivity contribution in [3.63, 3.8) is 0 Å². The smallest absolute Gasteiger partial charge is 0.314 e. The Kier molecular flexibility index (Phi) is 17.6. The summed E-state index contributed by atoms with van der Waals surface area (Å²) >= 11 is 0. The van der Waals surface area contributed by atoms with Gasteiger partial charge in [-0.05, 0) is 50.5 Å². The molecule has 9 nitrogen and oxygen atoms in total. The van der Waals surface area contributed by atoms with Crippen LogP contribution in [0.1, 0.15) is 88.6 Å². The number of aliphatic imine (C=N–C) groups is 1. The molecule has 4 N–H and O–H groups in total. The highest BCUT2D eigenvalue weighted by Crippen LogP contribution is 2.30. The van der Waals surface area contributed by atoms with Gasteiger partial charge in [-0.2, -0.15) is 5.26 Å². The van der Waals surface area contributed by atoms with Gasteiger partial charge in [-0.3, -0.25) is 9.59 Å². The monoisotopic (exact) mass is 576 g/mol. The molecule has 1 saturated heterocycles. The van der Waals surface area contributed by atoms with Crippen LogP contribution in [0.15, 0.2) is 65.0 Å². The number of nitriles is 1. The molecule has 1 heterocycles. The summed E-state index contributed by atoms with van der Waals surface area (Å²) in [5.41, 5.74) is 3.19. The number of ketones is 1. The van der Waals surface area contributed by atoms with Crippen molar-refractivity contribution in [2.45, 2.75) is 72.6 Å². The normalized spacial score (nSPS) is 16.0. The molecule has 42 heavy (non-hydrogen) atoms. The third-order valence-electron chi connectivity index (χ3n) is 6.87. The van der Waals surface area contributed by atoms with Crippen molar-refractivity contribution in [1.82, 2.24) is 21.3 Å². The fraction of sp³-hybridized carbons (Fsp3) is 0.485. The van der Waals surface area contributed by atoms with Crippen LogP contribution >= 0.6 is 0 Å². The van der Waals surface area contributed by atoms with Gasteiger partial charge >= 0.3 is 6.03 Å². The summed E-state index contributed by atoms with van der Waals surface area (Å²) in [5.74, 6) is 0.0651. The Morgan fingerprint density at radius 2 is 1.74 bits per heavy atom. The predicted molar refractivity (Wildman–Crippen MR) is 170 cm³/mol. The summed E-state index contributed by atoms with van der Waals surface area (Å²) in [6.45, 7) is 13.7. The Hall–Kier alpha value is -4.19. The lowest BCUT2D eigenvalue weighted by Crippen LogP contribution is -2.25.